The van der Waals surface area contributed by atoms with Crippen molar-refractivity contribution in [3.05, 3.63) is 0 Å². The molecular weight excluding hydrogens is 146 g/mol. The summed E-state index contributed by atoms with van der Waals surface area (Å²) in [7, 11) is 0. The third-order valence-corrected chi connectivity index (χ3v) is 1.33. The average molecular weight is 161 g/mol. The third-order valence-electron chi connectivity index (χ3n) is 1.33. The van der Waals surface area contributed by atoms with E-state index in [1.165, 1.54) is 11.5 Å². The Morgan fingerprint density at radius 3 is 1.82 bits per heavy atom. The molecule has 4 heteroatoms. The first kappa shape index (κ1) is 10.4. The van der Waals surface area contributed by atoms with Crippen LogP contribution in [0.1, 0.15) is 26.2 Å². The van der Waals surface area contributed by atoms with Crippen molar-refractivity contribution in [1.82, 2.24) is 5.06 Å². The van der Waals surface area contributed by atoms with Crippen LogP contribution in [0, 0.1) is 0 Å². The number of hydrogen-bond acceptors (Lipinski definition) is 3. The quantitative estimate of drug-likeness (QED) is 0.555. The minimum atomic E-state index is -0.833. The second kappa shape index (κ2) is 6.12. The Labute approximate surface area is 66.4 Å². The van der Waals surface area contributed by atoms with Crippen LogP contribution in [0.3, 0.4) is 0 Å². The molecule has 11 heavy (non-hydrogen) atoms. The molecule has 66 valence electrons. The summed E-state index contributed by atoms with van der Waals surface area (Å²) in [6.45, 7) is 2.83. The molecule has 1 rings (SSSR count). The summed E-state index contributed by atoms with van der Waals surface area (Å²) in [6.07, 6.45) is 3.62. The molecule has 0 unspecified atom stereocenters. The molecule has 1 heterocycles. The van der Waals surface area contributed by atoms with Crippen LogP contribution >= 0.6 is 0 Å². The van der Waals surface area contributed by atoms with Gasteiger partial charge in [0.1, 0.15) is 0 Å². The van der Waals surface area contributed by atoms with Gasteiger partial charge in [0.15, 0.2) is 0 Å². The van der Waals surface area contributed by atoms with Gasteiger partial charge in [0.2, 0.25) is 0 Å². The summed E-state index contributed by atoms with van der Waals surface area (Å²) in [5.74, 6) is -0.833. The lowest BCUT2D eigenvalue weighted by Crippen LogP contribution is -2.25. The molecule has 0 atom stereocenters. The van der Waals surface area contributed by atoms with Crippen molar-refractivity contribution in [3.63, 3.8) is 0 Å². The highest BCUT2D eigenvalue weighted by Crippen LogP contribution is 2.04. The van der Waals surface area contributed by atoms with Gasteiger partial charge < -0.3 is 10.3 Å². The summed E-state index contributed by atoms with van der Waals surface area (Å²) in [6, 6.07) is 0. The molecule has 1 aliphatic heterocycles. The van der Waals surface area contributed by atoms with E-state index in [-0.39, 0.29) is 0 Å². The number of hydrogen-bond donors (Lipinski definition) is 2. The molecule has 0 aromatic carbocycles. The van der Waals surface area contributed by atoms with Crippen molar-refractivity contribution in [3.8, 4) is 0 Å². The van der Waals surface area contributed by atoms with E-state index in [1.807, 2.05) is 0 Å². The molecule has 0 aliphatic carbocycles. The monoisotopic (exact) mass is 161 g/mol. The third kappa shape index (κ3) is 9.39. The lowest BCUT2D eigenvalue weighted by atomic mass is 10.2. The Hall–Kier alpha value is -0.610. The summed E-state index contributed by atoms with van der Waals surface area (Å²) < 4.78 is 0. The molecule has 0 radical (unpaired) electrons. The van der Waals surface area contributed by atoms with Crippen LogP contribution in [-0.4, -0.2) is 34.4 Å². The predicted octanol–water partition coefficient (Wildman–Crippen LogP) is 0.952. The second-order valence-electron chi connectivity index (χ2n) is 2.53. The Morgan fingerprint density at radius 2 is 1.64 bits per heavy atom. The van der Waals surface area contributed by atoms with Gasteiger partial charge in [-0.15, -0.1) is 0 Å². The van der Waals surface area contributed by atoms with Crippen LogP contribution in [-0.2, 0) is 4.79 Å². The fraction of sp³-hybridized carbons (Fsp3) is 0.857. The van der Waals surface area contributed by atoms with E-state index in [4.69, 9.17) is 15.1 Å². The topological polar surface area (TPSA) is 60.8 Å². The first-order valence-corrected chi connectivity index (χ1v) is 3.76. The lowest BCUT2D eigenvalue weighted by molar-refractivity contribution is -0.134. The molecule has 0 bridgehead atoms. The maximum absolute atomic E-state index is 9.00. The van der Waals surface area contributed by atoms with E-state index in [2.05, 4.69) is 0 Å². The number of rotatable bonds is 0. The Balaban J connectivity index is 0.000000218. The van der Waals surface area contributed by atoms with E-state index < -0.39 is 5.97 Å². The van der Waals surface area contributed by atoms with E-state index in [0.29, 0.717) is 0 Å². The molecule has 2 N–H and O–H groups in total. The molecule has 1 fully saturated rings. The van der Waals surface area contributed by atoms with Gasteiger partial charge in [-0.1, -0.05) is 6.42 Å². The van der Waals surface area contributed by atoms with Gasteiger partial charge in [-0.2, -0.15) is 5.06 Å². The fourth-order valence-corrected chi connectivity index (χ4v) is 0.877. The van der Waals surface area contributed by atoms with Gasteiger partial charge in [0.05, 0.1) is 0 Å². The normalized spacial score (nSPS) is 18.4. The standard InChI is InChI=1S/C5H11NO.C2H4O2/c7-6-4-2-1-3-5-6;1-2(3)4/h7H,1-5H2;1H3,(H,3,4). The molecule has 1 aliphatic rings. The fourth-order valence-electron chi connectivity index (χ4n) is 0.877. The number of aliphatic carboxylic acids is 1. The number of nitrogens with zero attached hydrogens (tertiary/aromatic N) is 1. The zero-order chi connectivity index (χ0) is 8.69. The van der Waals surface area contributed by atoms with Crippen LogP contribution in [0.4, 0.5) is 0 Å². The lowest BCUT2D eigenvalue weighted by Gasteiger charge is -2.18. The average Bonchev–Trinajstić information content (AvgIpc) is 1.87. The van der Waals surface area contributed by atoms with Crippen LogP contribution in [0.15, 0.2) is 0 Å². The SMILES string of the molecule is CC(=O)O.ON1CCCCC1. The summed E-state index contributed by atoms with van der Waals surface area (Å²) in [4.78, 5) is 9.00. The maximum Gasteiger partial charge on any atom is 0.300 e. The van der Waals surface area contributed by atoms with Crippen molar-refractivity contribution in [2.75, 3.05) is 13.1 Å². The Kier molecular flexibility index (Phi) is 5.78. The van der Waals surface area contributed by atoms with E-state index in [1.54, 1.807) is 0 Å². The molecule has 4 nitrogen and oxygen atoms in total. The minimum Gasteiger partial charge on any atom is -0.481 e. The highest BCUT2D eigenvalue weighted by atomic mass is 16.5. The predicted molar refractivity (Wildman–Crippen MR) is 40.5 cm³/mol. The molecule has 1 saturated heterocycles. The van der Waals surface area contributed by atoms with Crippen LogP contribution in [0.2, 0.25) is 0 Å². The molecule has 0 saturated carbocycles. The van der Waals surface area contributed by atoms with Crippen LogP contribution in [0.25, 0.3) is 0 Å². The number of hydroxylamine groups is 2. The van der Waals surface area contributed by atoms with E-state index in [0.717, 1.165) is 32.9 Å². The van der Waals surface area contributed by atoms with E-state index >= 15 is 0 Å². The van der Waals surface area contributed by atoms with Crippen molar-refractivity contribution in [2.24, 2.45) is 0 Å². The van der Waals surface area contributed by atoms with Gasteiger partial charge in [-0.05, 0) is 12.8 Å². The smallest absolute Gasteiger partial charge is 0.300 e. The van der Waals surface area contributed by atoms with Gasteiger partial charge >= 0.3 is 0 Å². The van der Waals surface area contributed by atoms with Gasteiger partial charge in [-0.25, -0.2) is 0 Å². The molecule has 0 spiro atoms. The Morgan fingerprint density at radius 1 is 1.27 bits per heavy atom. The zero-order valence-corrected chi connectivity index (χ0v) is 6.79. The molecule has 0 aromatic rings. The molecule has 0 amide bonds. The van der Waals surface area contributed by atoms with Gasteiger partial charge in [0.25, 0.3) is 5.97 Å². The number of carbonyl (C=O) groups is 1. The molecular formula is C7H15NO3. The van der Waals surface area contributed by atoms with Crippen LogP contribution in [0.5, 0.6) is 0 Å². The maximum atomic E-state index is 9.00. The minimum absolute atomic E-state index is 0.833. The highest BCUT2D eigenvalue weighted by molar-refractivity contribution is 5.62. The van der Waals surface area contributed by atoms with Crippen molar-refractivity contribution >= 4 is 5.97 Å². The summed E-state index contributed by atoms with van der Waals surface area (Å²) in [5, 5.41) is 17.6. The van der Waals surface area contributed by atoms with Crippen molar-refractivity contribution < 1.29 is 15.1 Å². The van der Waals surface area contributed by atoms with Crippen LogP contribution < -0.4 is 0 Å². The molecule has 0 aromatic heterocycles. The van der Waals surface area contributed by atoms with Gasteiger partial charge in [0, 0.05) is 20.0 Å². The van der Waals surface area contributed by atoms with Crippen molar-refractivity contribution in [1.29, 1.82) is 0 Å². The highest BCUT2D eigenvalue weighted by Gasteiger charge is 2.04. The summed E-state index contributed by atoms with van der Waals surface area (Å²) in [5.41, 5.74) is 0. The first-order chi connectivity index (χ1) is 5.13. The zero-order valence-electron chi connectivity index (χ0n) is 6.79. The Bertz CT molecular complexity index is 106. The second-order valence-corrected chi connectivity index (χ2v) is 2.53. The van der Waals surface area contributed by atoms with Gasteiger partial charge in [-0.3, -0.25) is 4.79 Å². The number of piperidine rings is 1. The summed E-state index contributed by atoms with van der Waals surface area (Å²) >= 11 is 0. The first-order valence-electron chi connectivity index (χ1n) is 3.76. The number of carboxylic acids is 1. The van der Waals surface area contributed by atoms with Crippen molar-refractivity contribution in [2.45, 2.75) is 26.2 Å². The number of carboxylic acid groups (broad SMARTS) is 1. The largest absolute Gasteiger partial charge is 0.481 e. The van der Waals surface area contributed by atoms with E-state index in [9.17, 15) is 0 Å².